The zero-order valence-corrected chi connectivity index (χ0v) is 12.3. The lowest BCUT2D eigenvalue weighted by molar-refractivity contribution is 0.200. The highest BCUT2D eigenvalue weighted by molar-refractivity contribution is 9.10. The number of aromatic nitrogens is 1. The Morgan fingerprint density at radius 3 is 3.00 bits per heavy atom. The number of benzene rings is 1. The lowest BCUT2D eigenvalue weighted by Crippen LogP contribution is -2.19. The molecule has 0 aliphatic heterocycles. The number of hydrogen-bond donors (Lipinski definition) is 1. The fourth-order valence-corrected chi connectivity index (χ4v) is 2.46. The van der Waals surface area contributed by atoms with Crippen molar-refractivity contribution in [1.82, 2.24) is 4.98 Å². The maximum absolute atomic E-state index is 6.09. The van der Waals surface area contributed by atoms with Crippen molar-refractivity contribution in [3.8, 4) is 0 Å². The summed E-state index contributed by atoms with van der Waals surface area (Å²) in [6, 6.07) is 8.03. The summed E-state index contributed by atoms with van der Waals surface area (Å²) in [6.45, 7) is 1.14. The Hall–Kier alpha value is -0.840. The van der Waals surface area contributed by atoms with E-state index in [0.717, 1.165) is 21.1 Å². The molecule has 1 aromatic heterocycles. The molecule has 1 unspecified atom stereocenters. The lowest BCUT2D eigenvalue weighted by atomic mass is 10.1. The maximum atomic E-state index is 6.09. The Balaban J connectivity index is 2.21. The van der Waals surface area contributed by atoms with Gasteiger partial charge in [0.25, 0.3) is 0 Å². The number of pyridine rings is 1. The average molecular weight is 330 g/mol. The summed E-state index contributed by atoms with van der Waals surface area (Å²) in [5.41, 5.74) is 0. The predicted molar refractivity (Wildman–Crippen MR) is 79.4 cm³/mol. The summed E-state index contributed by atoms with van der Waals surface area (Å²) in [7, 11) is 1.64. The third kappa shape index (κ3) is 3.13. The van der Waals surface area contributed by atoms with Gasteiger partial charge in [-0.2, -0.15) is 0 Å². The highest BCUT2D eigenvalue weighted by atomic mass is 79.9. The summed E-state index contributed by atoms with van der Waals surface area (Å²) in [6.07, 6.45) is 1.79. The minimum absolute atomic E-state index is 0.0702. The van der Waals surface area contributed by atoms with E-state index >= 15 is 0 Å². The van der Waals surface area contributed by atoms with E-state index in [1.165, 1.54) is 0 Å². The van der Waals surface area contributed by atoms with Crippen molar-refractivity contribution in [1.29, 1.82) is 0 Å². The number of anilines is 1. The van der Waals surface area contributed by atoms with Crippen LogP contribution in [0.1, 0.15) is 0 Å². The molecule has 0 aliphatic rings. The first-order chi connectivity index (χ1) is 8.72. The fraction of sp³-hybridized carbons (Fsp3) is 0.308. The molecular weight excluding hydrogens is 316 g/mol. The van der Waals surface area contributed by atoms with E-state index in [2.05, 4.69) is 26.2 Å². The van der Waals surface area contributed by atoms with Gasteiger partial charge >= 0.3 is 0 Å². The van der Waals surface area contributed by atoms with Gasteiger partial charge in [0, 0.05) is 35.1 Å². The van der Waals surface area contributed by atoms with Gasteiger partial charge in [0.05, 0.1) is 12.0 Å². The molecule has 1 aromatic carbocycles. The van der Waals surface area contributed by atoms with Gasteiger partial charge < -0.3 is 10.1 Å². The molecule has 1 N–H and O–H groups in total. The molecule has 0 fully saturated rings. The smallest absolute Gasteiger partial charge is 0.133 e. The molecule has 0 saturated heterocycles. The van der Waals surface area contributed by atoms with E-state index in [1.54, 1.807) is 13.3 Å². The van der Waals surface area contributed by atoms with Crippen LogP contribution >= 0.6 is 27.5 Å². The predicted octanol–water partition coefficient (Wildman–Crippen LogP) is 3.66. The summed E-state index contributed by atoms with van der Waals surface area (Å²) in [4.78, 5) is 4.35. The number of halogens is 2. The third-order valence-electron chi connectivity index (χ3n) is 2.59. The van der Waals surface area contributed by atoms with E-state index in [4.69, 9.17) is 16.3 Å². The molecule has 3 nitrogen and oxygen atoms in total. The second-order valence-electron chi connectivity index (χ2n) is 3.93. The van der Waals surface area contributed by atoms with Crippen molar-refractivity contribution in [2.24, 2.45) is 0 Å². The molecule has 0 radical (unpaired) electrons. The lowest BCUT2D eigenvalue weighted by Gasteiger charge is -2.12. The number of ether oxygens (including phenoxy) is 1. The van der Waals surface area contributed by atoms with E-state index < -0.39 is 0 Å². The van der Waals surface area contributed by atoms with Crippen LogP contribution < -0.4 is 5.32 Å². The van der Waals surface area contributed by atoms with Crippen LogP contribution in [-0.4, -0.2) is 30.6 Å². The average Bonchev–Trinajstić information content (AvgIpc) is 2.37. The van der Waals surface area contributed by atoms with Gasteiger partial charge in [-0.3, -0.25) is 0 Å². The molecule has 2 aromatic rings. The molecule has 1 atom stereocenters. The van der Waals surface area contributed by atoms with Gasteiger partial charge in [0.15, 0.2) is 0 Å². The van der Waals surface area contributed by atoms with Crippen LogP contribution in [0.15, 0.2) is 34.9 Å². The Kier molecular flexibility index (Phi) is 4.80. The van der Waals surface area contributed by atoms with Gasteiger partial charge in [-0.05, 0) is 12.1 Å². The second kappa shape index (κ2) is 6.36. The third-order valence-corrected chi connectivity index (χ3v) is 3.56. The number of rotatable bonds is 5. The molecule has 5 heteroatoms. The molecule has 2 rings (SSSR count). The summed E-state index contributed by atoms with van der Waals surface area (Å²) in [5.74, 6) is 0.843. The van der Waals surface area contributed by atoms with Crippen LogP contribution in [0, 0.1) is 0 Å². The SMILES string of the molecule is COCC(Cl)CNc1nccc2c(Br)cccc12. The minimum Gasteiger partial charge on any atom is -0.383 e. The zero-order chi connectivity index (χ0) is 13.0. The molecule has 0 aliphatic carbocycles. The van der Waals surface area contributed by atoms with Crippen molar-refractivity contribution in [2.45, 2.75) is 5.38 Å². The van der Waals surface area contributed by atoms with Crippen molar-refractivity contribution >= 4 is 44.1 Å². The van der Waals surface area contributed by atoms with Gasteiger partial charge in [-0.1, -0.05) is 28.1 Å². The fourth-order valence-electron chi connectivity index (χ4n) is 1.76. The number of hydrogen-bond acceptors (Lipinski definition) is 3. The molecule has 0 bridgehead atoms. The molecule has 18 heavy (non-hydrogen) atoms. The molecule has 0 spiro atoms. The standard InChI is InChI=1S/C13H14BrClN2O/c1-18-8-9(15)7-17-13-11-3-2-4-12(14)10(11)5-6-16-13/h2-6,9H,7-8H2,1H3,(H,16,17). The zero-order valence-electron chi connectivity index (χ0n) is 9.99. The second-order valence-corrected chi connectivity index (χ2v) is 5.40. The van der Waals surface area contributed by atoms with Crippen LogP contribution in [0.3, 0.4) is 0 Å². The van der Waals surface area contributed by atoms with Gasteiger partial charge in [-0.15, -0.1) is 11.6 Å². The van der Waals surface area contributed by atoms with Crippen LogP contribution in [0.4, 0.5) is 5.82 Å². The van der Waals surface area contributed by atoms with E-state index in [-0.39, 0.29) is 5.38 Å². The van der Waals surface area contributed by atoms with Crippen LogP contribution in [-0.2, 0) is 4.74 Å². The van der Waals surface area contributed by atoms with Gasteiger partial charge in [-0.25, -0.2) is 4.98 Å². The number of methoxy groups -OCH3 is 1. The minimum atomic E-state index is -0.0702. The monoisotopic (exact) mass is 328 g/mol. The first-order valence-corrected chi connectivity index (χ1v) is 6.85. The van der Waals surface area contributed by atoms with Crippen molar-refractivity contribution in [3.05, 3.63) is 34.9 Å². The Morgan fingerprint density at radius 1 is 1.39 bits per heavy atom. The summed E-state index contributed by atoms with van der Waals surface area (Å²) >= 11 is 9.62. The number of alkyl halides is 1. The molecule has 0 saturated carbocycles. The maximum Gasteiger partial charge on any atom is 0.133 e. The van der Waals surface area contributed by atoms with Gasteiger partial charge in [0.1, 0.15) is 5.82 Å². The number of nitrogens with one attached hydrogen (secondary N) is 1. The topological polar surface area (TPSA) is 34.1 Å². The van der Waals surface area contributed by atoms with E-state index in [1.807, 2.05) is 24.3 Å². The first-order valence-electron chi connectivity index (χ1n) is 5.62. The van der Waals surface area contributed by atoms with Crippen LogP contribution in [0.5, 0.6) is 0 Å². The first kappa shape index (κ1) is 13.6. The number of fused-ring (bicyclic) bond motifs is 1. The van der Waals surface area contributed by atoms with Gasteiger partial charge in [0.2, 0.25) is 0 Å². The summed E-state index contributed by atoms with van der Waals surface area (Å²) in [5, 5.41) is 5.39. The van der Waals surface area contributed by atoms with Crippen molar-refractivity contribution in [2.75, 3.05) is 25.6 Å². The molecule has 96 valence electrons. The normalized spacial score (nSPS) is 12.6. The van der Waals surface area contributed by atoms with Crippen molar-refractivity contribution in [3.63, 3.8) is 0 Å². The Bertz CT molecular complexity index is 535. The molecule has 0 amide bonds. The summed E-state index contributed by atoms with van der Waals surface area (Å²) < 4.78 is 6.06. The molecule has 1 heterocycles. The quantitative estimate of drug-likeness (QED) is 0.850. The number of nitrogens with zero attached hydrogens (tertiary/aromatic N) is 1. The highest BCUT2D eigenvalue weighted by Crippen LogP contribution is 2.27. The Labute approximate surface area is 120 Å². The van der Waals surface area contributed by atoms with E-state index in [9.17, 15) is 0 Å². The van der Waals surface area contributed by atoms with Crippen molar-refractivity contribution < 1.29 is 4.74 Å². The highest BCUT2D eigenvalue weighted by Gasteiger charge is 2.07. The molecular formula is C13H14BrClN2O. The van der Waals surface area contributed by atoms with Crippen LogP contribution in [0.25, 0.3) is 10.8 Å². The van der Waals surface area contributed by atoms with Crippen LogP contribution in [0.2, 0.25) is 0 Å². The Morgan fingerprint density at radius 2 is 2.22 bits per heavy atom. The van der Waals surface area contributed by atoms with E-state index in [0.29, 0.717) is 13.2 Å². The largest absolute Gasteiger partial charge is 0.383 e.